The van der Waals surface area contributed by atoms with Crippen LogP contribution in [0.2, 0.25) is 0 Å². The third-order valence-corrected chi connectivity index (χ3v) is 8.03. The third-order valence-electron chi connectivity index (χ3n) is 5.00. The van der Waals surface area contributed by atoms with Crippen LogP contribution in [0.15, 0.2) is 71.8 Å². The molecule has 0 atom stereocenters. The summed E-state index contributed by atoms with van der Waals surface area (Å²) in [5.41, 5.74) is 5.22. The summed E-state index contributed by atoms with van der Waals surface area (Å²) in [4.78, 5) is 12.0. The molecular formula is C24H28OS2. The number of hydrogen-bond donors (Lipinski definition) is 0. The van der Waals surface area contributed by atoms with Crippen LogP contribution in [0.4, 0.5) is 0 Å². The highest BCUT2D eigenvalue weighted by molar-refractivity contribution is 8.16. The minimum Gasteiger partial charge on any atom is -0.295 e. The fraction of sp³-hybridized carbons (Fsp3) is 0.375. The lowest BCUT2D eigenvalue weighted by Gasteiger charge is -2.17. The first-order valence-corrected chi connectivity index (χ1v) is 11.8. The largest absolute Gasteiger partial charge is 0.295 e. The molecule has 0 radical (unpaired) electrons. The zero-order valence-electron chi connectivity index (χ0n) is 16.0. The van der Waals surface area contributed by atoms with Crippen LogP contribution in [0.1, 0.15) is 50.2 Å². The Morgan fingerprint density at radius 3 is 1.89 bits per heavy atom. The Kier molecular flexibility index (Phi) is 8.10. The summed E-state index contributed by atoms with van der Waals surface area (Å²) in [5, 5.41) is 0. The molecule has 0 aliphatic heterocycles. The summed E-state index contributed by atoms with van der Waals surface area (Å²) < 4.78 is 0.558. The van der Waals surface area contributed by atoms with Gasteiger partial charge in [0.05, 0.1) is 4.58 Å². The molecule has 2 aromatic rings. The Morgan fingerprint density at radius 1 is 0.852 bits per heavy atom. The molecule has 0 saturated carbocycles. The number of rotatable bonds is 10. The molecule has 3 rings (SSSR count). The molecule has 27 heavy (non-hydrogen) atoms. The third kappa shape index (κ3) is 6.58. The molecule has 2 aromatic carbocycles. The lowest BCUT2D eigenvalue weighted by atomic mass is 10.1. The number of Topliss-reactive ketones (excluding diaryl/α,β-unsaturated/α-hetero) is 1. The minimum absolute atomic E-state index is 0.387. The van der Waals surface area contributed by atoms with Crippen molar-refractivity contribution in [1.82, 2.24) is 0 Å². The molecule has 142 valence electrons. The molecule has 0 aromatic heterocycles. The number of benzene rings is 2. The smallest absolute Gasteiger partial charge is 0.159 e. The first kappa shape index (κ1) is 20.3. The molecule has 0 spiro atoms. The van der Waals surface area contributed by atoms with Gasteiger partial charge in [-0.1, -0.05) is 66.2 Å². The van der Waals surface area contributed by atoms with Gasteiger partial charge in [-0.2, -0.15) is 0 Å². The molecule has 1 aliphatic rings. The molecule has 0 bridgehead atoms. The van der Waals surface area contributed by atoms with Crippen molar-refractivity contribution in [3.05, 3.63) is 82.9 Å². The van der Waals surface area contributed by atoms with Gasteiger partial charge < -0.3 is 0 Å². The normalized spacial score (nSPS) is 14.4. The van der Waals surface area contributed by atoms with Crippen molar-refractivity contribution in [2.24, 2.45) is 0 Å². The number of carbonyl (C=O) groups excluding carboxylic acids is 1. The van der Waals surface area contributed by atoms with Gasteiger partial charge in [-0.3, -0.25) is 4.79 Å². The summed E-state index contributed by atoms with van der Waals surface area (Å²) in [5.74, 6) is 2.49. The lowest BCUT2D eigenvalue weighted by molar-refractivity contribution is -0.115. The molecule has 3 heteroatoms. The van der Waals surface area contributed by atoms with E-state index in [1.54, 1.807) is 0 Å². The maximum absolute atomic E-state index is 12.0. The zero-order chi connectivity index (χ0) is 18.9. The Balaban J connectivity index is 1.53. The van der Waals surface area contributed by atoms with E-state index in [0.717, 1.165) is 49.2 Å². The van der Waals surface area contributed by atoms with Gasteiger partial charge in [0.25, 0.3) is 0 Å². The van der Waals surface area contributed by atoms with E-state index in [0.29, 0.717) is 10.4 Å². The second-order valence-corrected chi connectivity index (χ2v) is 9.78. The van der Waals surface area contributed by atoms with E-state index in [-0.39, 0.29) is 0 Å². The second-order valence-electron chi connectivity index (χ2n) is 7.10. The number of carbonyl (C=O) groups is 1. The summed E-state index contributed by atoms with van der Waals surface area (Å²) >= 11 is 4.08. The van der Waals surface area contributed by atoms with Crippen molar-refractivity contribution in [2.45, 2.75) is 55.1 Å². The van der Waals surface area contributed by atoms with Crippen LogP contribution in [0.25, 0.3) is 0 Å². The van der Waals surface area contributed by atoms with E-state index in [2.05, 4.69) is 67.6 Å². The van der Waals surface area contributed by atoms with Crippen molar-refractivity contribution in [3.8, 4) is 0 Å². The Morgan fingerprint density at radius 2 is 1.41 bits per heavy atom. The Bertz CT molecular complexity index is 709. The van der Waals surface area contributed by atoms with Crippen LogP contribution in [-0.4, -0.2) is 10.4 Å². The first-order chi connectivity index (χ1) is 13.2. The maximum atomic E-state index is 12.0. The number of hydrogen-bond acceptors (Lipinski definition) is 3. The average molecular weight is 397 g/mol. The first-order valence-electron chi connectivity index (χ1n) is 9.75. The van der Waals surface area contributed by atoms with E-state index >= 15 is 0 Å². The highest BCUT2D eigenvalue weighted by Crippen LogP contribution is 2.35. The van der Waals surface area contributed by atoms with Gasteiger partial charge >= 0.3 is 0 Å². The summed E-state index contributed by atoms with van der Waals surface area (Å²) in [6, 6.07) is 21.4. The summed E-state index contributed by atoms with van der Waals surface area (Å²) in [6.45, 7) is 2.13. The van der Waals surface area contributed by atoms with Gasteiger partial charge in [0, 0.05) is 17.9 Å². The molecular weight excluding hydrogens is 368 g/mol. The van der Waals surface area contributed by atoms with Crippen molar-refractivity contribution in [3.63, 3.8) is 0 Å². The van der Waals surface area contributed by atoms with E-state index in [9.17, 15) is 4.79 Å². The van der Waals surface area contributed by atoms with Crippen LogP contribution in [0, 0.1) is 0 Å². The number of ketones is 1. The monoisotopic (exact) mass is 396 g/mol. The molecule has 0 heterocycles. The number of allylic oxidation sites excluding steroid dienone is 2. The highest BCUT2D eigenvalue weighted by Gasteiger charge is 2.20. The van der Waals surface area contributed by atoms with E-state index < -0.39 is 0 Å². The van der Waals surface area contributed by atoms with Gasteiger partial charge in [-0.25, -0.2) is 0 Å². The number of thioether (sulfide) groups is 2. The van der Waals surface area contributed by atoms with Crippen LogP contribution >= 0.6 is 23.5 Å². The Hall–Kier alpha value is -1.45. The topological polar surface area (TPSA) is 17.1 Å². The molecule has 1 aliphatic carbocycles. The lowest BCUT2D eigenvalue weighted by Crippen LogP contribution is -2.02. The van der Waals surface area contributed by atoms with Crippen molar-refractivity contribution < 1.29 is 4.79 Å². The van der Waals surface area contributed by atoms with Crippen molar-refractivity contribution in [2.75, 3.05) is 0 Å². The fourth-order valence-corrected chi connectivity index (χ4v) is 5.98. The van der Waals surface area contributed by atoms with Gasteiger partial charge in [0.1, 0.15) is 0 Å². The predicted molar refractivity (Wildman–Crippen MR) is 120 cm³/mol. The van der Waals surface area contributed by atoms with Gasteiger partial charge in [0.15, 0.2) is 5.78 Å². The fourth-order valence-electron chi connectivity index (χ4n) is 3.38. The molecule has 0 saturated heterocycles. The summed E-state index contributed by atoms with van der Waals surface area (Å²) in [6.07, 6.45) is 4.92. The SMILES string of the molecule is CC1=C(CCCC(SCc2ccccc2)SCc2ccccc2)C(=O)CC1. The highest BCUT2D eigenvalue weighted by atomic mass is 32.2. The van der Waals surface area contributed by atoms with E-state index in [1.807, 2.05) is 23.5 Å². The molecule has 0 N–H and O–H groups in total. The standard InChI is InChI=1S/C24H28OS2/c1-19-15-16-23(25)22(19)13-8-14-24(26-17-20-9-4-2-5-10-20)27-18-21-11-6-3-7-12-21/h2-7,9-12,24H,8,13-18H2,1H3. The zero-order valence-corrected chi connectivity index (χ0v) is 17.7. The van der Waals surface area contributed by atoms with E-state index in [1.165, 1.54) is 16.7 Å². The van der Waals surface area contributed by atoms with E-state index in [4.69, 9.17) is 0 Å². The molecule has 0 unspecified atom stereocenters. The van der Waals surface area contributed by atoms with Gasteiger partial charge in [-0.15, -0.1) is 23.5 Å². The van der Waals surface area contributed by atoms with Gasteiger partial charge in [-0.05, 0) is 49.3 Å². The van der Waals surface area contributed by atoms with Crippen LogP contribution in [-0.2, 0) is 16.3 Å². The van der Waals surface area contributed by atoms with Gasteiger partial charge in [0.2, 0.25) is 0 Å². The average Bonchev–Trinajstić information content (AvgIpc) is 3.03. The van der Waals surface area contributed by atoms with Crippen LogP contribution in [0.3, 0.4) is 0 Å². The summed E-state index contributed by atoms with van der Waals surface area (Å²) in [7, 11) is 0. The second kappa shape index (κ2) is 10.8. The molecule has 0 amide bonds. The Labute approximate surface area is 172 Å². The quantitative estimate of drug-likeness (QED) is 0.401. The predicted octanol–water partition coefficient (Wildman–Crippen LogP) is 7.03. The maximum Gasteiger partial charge on any atom is 0.159 e. The van der Waals surface area contributed by atoms with Crippen molar-refractivity contribution in [1.29, 1.82) is 0 Å². The molecule has 0 fully saturated rings. The van der Waals surface area contributed by atoms with Crippen LogP contribution in [0.5, 0.6) is 0 Å². The minimum atomic E-state index is 0.387. The van der Waals surface area contributed by atoms with Crippen molar-refractivity contribution >= 4 is 29.3 Å². The molecule has 1 nitrogen and oxygen atoms in total. The van der Waals surface area contributed by atoms with Crippen LogP contribution < -0.4 is 0 Å².